The number of anilines is 1. The number of nitrogens with one attached hydrogen (secondary N) is 1. The Labute approximate surface area is 192 Å². The van der Waals surface area contributed by atoms with E-state index in [0.717, 1.165) is 10.9 Å². The van der Waals surface area contributed by atoms with E-state index in [1.54, 1.807) is 24.3 Å². The molecule has 0 radical (unpaired) electrons. The van der Waals surface area contributed by atoms with Crippen LogP contribution in [0.4, 0.5) is 5.69 Å². The van der Waals surface area contributed by atoms with Crippen LogP contribution in [-0.2, 0) is 11.2 Å². The topological polar surface area (TPSA) is 77.8 Å². The van der Waals surface area contributed by atoms with Gasteiger partial charge in [-0.15, -0.1) is 0 Å². The highest BCUT2D eigenvalue weighted by Crippen LogP contribution is 2.29. The lowest BCUT2D eigenvalue weighted by molar-refractivity contribution is -0.118. The van der Waals surface area contributed by atoms with Crippen LogP contribution in [0.15, 0.2) is 86.7 Å². The smallest absolute Gasteiger partial charge is 0.262 e. The highest BCUT2D eigenvalue weighted by Gasteiger charge is 2.12. The van der Waals surface area contributed by atoms with Crippen LogP contribution in [-0.4, -0.2) is 12.5 Å². The minimum Gasteiger partial charge on any atom is -0.484 e. The van der Waals surface area contributed by atoms with Gasteiger partial charge in [-0.25, -0.2) is 0 Å². The van der Waals surface area contributed by atoms with Crippen LogP contribution >= 0.6 is 15.9 Å². The highest BCUT2D eigenvalue weighted by atomic mass is 79.9. The molecule has 0 unspecified atom stereocenters. The number of halogens is 1. The fourth-order valence-electron chi connectivity index (χ4n) is 3.07. The molecule has 1 N–H and O–H groups in total. The molecule has 0 saturated carbocycles. The Hall–Kier alpha value is -3.58. The first-order valence-electron chi connectivity index (χ1n) is 10.0. The number of ether oxygens (including phenoxy) is 2. The molecule has 3 aromatic carbocycles. The molecule has 162 valence electrons. The van der Waals surface area contributed by atoms with E-state index in [9.17, 15) is 9.59 Å². The summed E-state index contributed by atoms with van der Waals surface area (Å²) in [6.07, 6.45) is 2.20. The maximum atomic E-state index is 12.8. The van der Waals surface area contributed by atoms with Crippen molar-refractivity contribution in [2.24, 2.45) is 0 Å². The number of carbonyl (C=O) groups is 1. The van der Waals surface area contributed by atoms with Gasteiger partial charge in [0.1, 0.15) is 23.3 Å². The second-order valence-corrected chi connectivity index (χ2v) is 7.86. The van der Waals surface area contributed by atoms with Crippen LogP contribution < -0.4 is 20.2 Å². The van der Waals surface area contributed by atoms with Gasteiger partial charge in [0.2, 0.25) is 11.2 Å². The van der Waals surface area contributed by atoms with Gasteiger partial charge in [-0.3, -0.25) is 9.59 Å². The van der Waals surface area contributed by atoms with E-state index in [1.165, 1.54) is 11.8 Å². The average Bonchev–Trinajstić information content (AvgIpc) is 2.81. The Morgan fingerprint density at radius 1 is 1.03 bits per heavy atom. The quantitative estimate of drug-likeness (QED) is 0.345. The fraction of sp³-hybridized carbons (Fsp3) is 0.120. The van der Waals surface area contributed by atoms with Gasteiger partial charge in [0, 0.05) is 11.8 Å². The second kappa shape index (κ2) is 9.70. The van der Waals surface area contributed by atoms with Crippen molar-refractivity contribution in [1.82, 2.24) is 0 Å². The second-order valence-electron chi connectivity index (χ2n) is 7.01. The Morgan fingerprint density at radius 2 is 1.81 bits per heavy atom. The molecule has 4 aromatic rings. The summed E-state index contributed by atoms with van der Waals surface area (Å²) >= 11 is 3.39. The van der Waals surface area contributed by atoms with Crippen LogP contribution in [0.2, 0.25) is 0 Å². The number of rotatable bonds is 7. The van der Waals surface area contributed by atoms with Crippen molar-refractivity contribution in [3.8, 4) is 17.2 Å². The summed E-state index contributed by atoms with van der Waals surface area (Å²) in [7, 11) is 0. The Bertz CT molecular complexity index is 1310. The number of carbonyl (C=O) groups excluding carboxylic acids is 1. The van der Waals surface area contributed by atoms with E-state index in [2.05, 4.69) is 28.2 Å². The summed E-state index contributed by atoms with van der Waals surface area (Å²) in [6.45, 7) is 1.90. The first-order chi connectivity index (χ1) is 15.5. The predicted octanol–water partition coefficient (Wildman–Crippen LogP) is 5.93. The van der Waals surface area contributed by atoms with Gasteiger partial charge in [-0.1, -0.05) is 31.2 Å². The van der Waals surface area contributed by atoms with Crippen LogP contribution in [0.3, 0.4) is 0 Å². The molecular weight excluding hydrogens is 474 g/mol. The van der Waals surface area contributed by atoms with E-state index in [4.69, 9.17) is 13.9 Å². The van der Waals surface area contributed by atoms with Crippen LogP contribution in [0.1, 0.15) is 12.5 Å². The minimum absolute atomic E-state index is 0.0755. The number of benzene rings is 3. The summed E-state index contributed by atoms with van der Waals surface area (Å²) < 4.78 is 17.6. The lowest BCUT2D eigenvalue weighted by Crippen LogP contribution is -2.20. The zero-order valence-corrected chi connectivity index (χ0v) is 18.8. The first kappa shape index (κ1) is 21.6. The Kier molecular flexibility index (Phi) is 6.56. The maximum Gasteiger partial charge on any atom is 0.262 e. The molecule has 4 rings (SSSR count). The van der Waals surface area contributed by atoms with Gasteiger partial charge in [-0.2, -0.15) is 0 Å². The van der Waals surface area contributed by atoms with Crippen molar-refractivity contribution in [1.29, 1.82) is 0 Å². The number of aryl methyl sites for hydroxylation is 1. The van der Waals surface area contributed by atoms with Crippen LogP contribution in [0.25, 0.3) is 11.0 Å². The zero-order valence-electron chi connectivity index (χ0n) is 17.3. The zero-order chi connectivity index (χ0) is 22.5. The van der Waals surface area contributed by atoms with Gasteiger partial charge in [0.05, 0.1) is 9.86 Å². The van der Waals surface area contributed by atoms with Gasteiger partial charge in [0.15, 0.2) is 6.61 Å². The van der Waals surface area contributed by atoms with Crippen molar-refractivity contribution in [2.75, 3.05) is 11.9 Å². The molecular formula is C25H20BrNO5. The molecule has 1 heterocycles. The number of hydrogen-bond donors (Lipinski definition) is 1. The van der Waals surface area contributed by atoms with E-state index >= 15 is 0 Å². The monoisotopic (exact) mass is 493 g/mol. The lowest BCUT2D eigenvalue weighted by Gasteiger charge is -2.09. The molecule has 0 aliphatic rings. The third-order valence-electron chi connectivity index (χ3n) is 4.79. The van der Waals surface area contributed by atoms with Crippen molar-refractivity contribution in [3.05, 3.63) is 93.3 Å². The number of amides is 1. The van der Waals surface area contributed by atoms with Crippen molar-refractivity contribution in [2.45, 2.75) is 13.3 Å². The fourth-order valence-corrected chi connectivity index (χ4v) is 3.43. The van der Waals surface area contributed by atoms with E-state index in [1.807, 2.05) is 42.5 Å². The Balaban J connectivity index is 1.43. The molecule has 0 bridgehead atoms. The van der Waals surface area contributed by atoms with Gasteiger partial charge in [-0.05, 0) is 64.3 Å². The maximum absolute atomic E-state index is 12.8. The SMILES string of the molecule is CCc1ccc(NC(=O)COc2ccc3c(=O)c(Oc4ccccc4Br)coc3c2)cc1. The van der Waals surface area contributed by atoms with E-state index < -0.39 is 0 Å². The predicted molar refractivity (Wildman–Crippen MR) is 127 cm³/mol. The van der Waals surface area contributed by atoms with Crippen LogP contribution in [0, 0.1) is 0 Å². The molecule has 0 saturated heterocycles. The van der Waals surface area contributed by atoms with Crippen molar-refractivity contribution in [3.63, 3.8) is 0 Å². The van der Waals surface area contributed by atoms with Crippen molar-refractivity contribution < 1.29 is 18.7 Å². The number of para-hydroxylation sites is 1. The Morgan fingerprint density at radius 3 is 2.56 bits per heavy atom. The molecule has 0 aliphatic carbocycles. The summed E-state index contributed by atoms with van der Waals surface area (Å²) in [6, 6.07) is 19.6. The summed E-state index contributed by atoms with van der Waals surface area (Å²) in [4.78, 5) is 24.9. The van der Waals surface area contributed by atoms with Gasteiger partial charge < -0.3 is 19.2 Å². The molecule has 7 heteroatoms. The molecule has 0 aliphatic heterocycles. The standard InChI is InChI=1S/C25H20BrNO5/c1-2-16-7-9-17(10-8-16)27-24(28)15-30-18-11-12-19-22(13-18)31-14-23(25(19)29)32-21-6-4-3-5-20(21)26/h3-14H,2,15H2,1H3,(H,27,28). The highest BCUT2D eigenvalue weighted by molar-refractivity contribution is 9.10. The molecule has 32 heavy (non-hydrogen) atoms. The first-order valence-corrected chi connectivity index (χ1v) is 10.8. The van der Waals surface area contributed by atoms with Gasteiger partial charge in [0.25, 0.3) is 5.91 Å². The minimum atomic E-state index is -0.304. The molecule has 1 aromatic heterocycles. The lowest BCUT2D eigenvalue weighted by atomic mass is 10.1. The summed E-state index contributed by atoms with van der Waals surface area (Å²) in [5, 5.41) is 3.14. The molecule has 6 nitrogen and oxygen atoms in total. The van der Waals surface area contributed by atoms with Gasteiger partial charge >= 0.3 is 0 Å². The van der Waals surface area contributed by atoms with Crippen LogP contribution in [0.5, 0.6) is 17.2 Å². The summed E-state index contributed by atoms with van der Waals surface area (Å²) in [5.41, 5.74) is 1.93. The van der Waals surface area contributed by atoms with E-state index in [-0.39, 0.29) is 23.7 Å². The summed E-state index contributed by atoms with van der Waals surface area (Å²) in [5.74, 6) is 0.713. The largest absolute Gasteiger partial charge is 0.484 e. The molecule has 1 amide bonds. The van der Waals surface area contributed by atoms with E-state index in [0.29, 0.717) is 28.2 Å². The average molecular weight is 494 g/mol. The third kappa shape index (κ3) is 5.00. The number of fused-ring (bicyclic) bond motifs is 1. The molecule has 0 spiro atoms. The third-order valence-corrected chi connectivity index (χ3v) is 5.44. The van der Waals surface area contributed by atoms with Crippen molar-refractivity contribution >= 4 is 38.5 Å². The molecule has 0 fully saturated rings. The number of hydrogen-bond acceptors (Lipinski definition) is 5. The normalized spacial score (nSPS) is 10.7. The molecule has 0 atom stereocenters.